The second-order valence-electron chi connectivity index (χ2n) is 7.86. The van der Waals surface area contributed by atoms with Gasteiger partial charge in [-0.1, -0.05) is 19.6 Å². The van der Waals surface area contributed by atoms with Crippen LogP contribution in [-0.2, 0) is 32.3 Å². The van der Waals surface area contributed by atoms with Crippen LogP contribution in [0, 0.1) is 0 Å². The largest absolute Gasteiger partial charge is 0.469 e. The third kappa shape index (κ3) is 6.91. The molecule has 0 spiro atoms. The molecule has 2 rings (SSSR count). The average Bonchev–Trinajstić information content (AvgIpc) is 2.66. The van der Waals surface area contributed by atoms with Gasteiger partial charge in [0.05, 0.1) is 43.8 Å². The first-order chi connectivity index (χ1) is 13.7. The zero-order chi connectivity index (χ0) is 21.4. The molecule has 0 saturated carbocycles. The summed E-state index contributed by atoms with van der Waals surface area (Å²) in [5.41, 5.74) is -0.118. The molecule has 0 fully saturated rings. The summed E-state index contributed by atoms with van der Waals surface area (Å²) in [5, 5.41) is 4.54. The lowest BCUT2D eigenvalue weighted by molar-refractivity contribution is -0.141. The Morgan fingerprint density at radius 3 is 2.55 bits per heavy atom. The van der Waals surface area contributed by atoms with Crippen LogP contribution >= 0.6 is 0 Å². The van der Waals surface area contributed by atoms with Crippen molar-refractivity contribution in [3.8, 4) is 0 Å². The molecule has 0 aliphatic rings. The molecule has 2 aromatic heterocycles. The predicted octanol–water partition coefficient (Wildman–Crippen LogP) is 1.45. The molecule has 0 saturated heterocycles. The van der Waals surface area contributed by atoms with Gasteiger partial charge in [-0.25, -0.2) is 4.68 Å². The summed E-state index contributed by atoms with van der Waals surface area (Å²) in [6, 6.07) is 3.87. The fraction of sp³-hybridized carbons (Fsp3) is 0.579. The van der Waals surface area contributed by atoms with Crippen molar-refractivity contribution in [3.05, 3.63) is 39.0 Å². The lowest BCUT2D eigenvalue weighted by Gasteiger charge is -2.15. The Hall–Kier alpha value is -2.30. The zero-order valence-electron chi connectivity index (χ0n) is 17.5. The highest BCUT2D eigenvalue weighted by molar-refractivity contribution is 6.76. The van der Waals surface area contributed by atoms with Gasteiger partial charge in [0.2, 0.25) is 0 Å². The minimum atomic E-state index is -1.20. The molecule has 0 N–H and O–H groups in total. The van der Waals surface area contributed by atoms with E-state index < -0.39 is 8.07 Å². The summed E-state index contributed by atoms with van der Waals surface area (Å²) in [5.74, 6) is -0.357. The number of hydrogen-bond acceptors (Lipinski definition) is 7. The number of fused-ring (bicyclic) bond motifs is 1. The maximum Gasteiger partial charge on any atom is 0.307 e. The standard InChI is InChI=1S/C19H29N3O6Si/c1-26-18(24)7-9-27-10-8-21-16-13-20-22(14-28-11-12-29(2,3)4)19(25)15(16)5-6-17(21)23/h5-6,13H,7-12,14H2,1-4H3. The smallest absolute Gasteiger partial charge is 0.307 e. The van der Waals surface area contributed by atoms with Gasteiger partial charge in [0.15, 0.2) is 0 Å². The first-order valence-corrected chi connectivity index (χ1v) is 13.3. The highest BCUT2D eigenvalue weighted by atomic mass is 28.3. The number of ether oxygens (including phenoxy) is 3. The van der Waals surface area contributed by atoms with Crippen LogP contribution in [0.3, 0.4) is 0 Å². The van der Waals surface area contributed by atoms with Crippen molar-refractivity contribution in [1.82, 2.24) is 14.3 Å². The van der Waals surface area contributed by atoms with Gasteiger partial charge >= 0.3 is 5.97 Å². The number of hydrogen-bond donors (Lipinski definition) is 0. The summed E-state index contributed by atoms with van der Waals surface area (Å²) in [6.07, 6.45) is 1.64. The van der Waals surface area contributed by atoms with E-state index in [0.29, 0.717) is 17.5 Å². The molecular weight excluding hydrogens is 394 g/mol. The molecule has 9 nitrogen and oxygen atoms in total. The third-order valence-electron chi connectivity index (χ3n) is 4.36. The molecular formula is C19H29N3O6Si. The van der Waals surface area contributed by atoms with E-state index >= 15 is 0 Å². The van der Waals surface area contributed by atoms with Crippen LogP contribution in [0.1, 0.15) is 6.42 Å². The molecule has 2 aromatic rings. The molecule has 0 aromatic carbocycles. The number of aromatic nitrogens is 3. The molecule has 2 heterocycles. The summed E-state index contributed by atoms with van der Waals surface area (Å²) in [6.45, 7) is 8.11. The van der Waals surface area contributed by atoms with Crippen molar-refractivity contribution in [2.45, 2.75) is 45.4 Å². The van der Waals surface area contributed by atoms with Crippen molar-refractivity contribution < 1.29 is 19.0 Å². The Morgan fingerprint density at radius 2 is 1.86 bits per heavy atom. The maximum absolute atomic E-state index is 12.7. The minimum absolute atomic E-state index is 0.0784. The summed E-state index contributed by atoms with van der Waals surface area (Å²) in [4.78, 5) is 36.0. The topological polar surface area (TPSA) is 102 Å². The van der Waals surface area contributed by atoms with Crippen LogP contribution in [0.15, 0.2) is 27.9 Å². The number of carbonyl (C=O) groups excluding carboxylic acids is 1. The maximum atomic E-state index is 12.7. The highest BCUT2D eigenvalue weighted by Crippen LogP contribution is 2.08. The summed E-state index contributed by atoms with van der Waals surface area (Å²) >= 11 is 0. The average molecular weight is 424 g/mol. The van der Waals surface area contributed by atoms with Gasteiger partial charge < -0.3 is 18.8 Å². The van der Waals surface area contributed by atoms with Gasteiger partial charge in [0, 0.05) is 27.3 Å². The molecule has 10 heteroatoms. The van der Waals surface area contributed by atoms with E-state index in [-0.39, 0.29) is 50.0 Å². The molecule has 0 atom stereocenters. The van der Waals surface area contributed by atoms with E-state index in [4.69, 9.17) is 9.47 Å². The van der Waals surface area contributed by atoms with Crippen LogP contribution in [0.5, 0.6) is 0 Å². The Labute approximate surface area is 170 Å². The van der Waals surface area contributed by atoms with Gasteiger partial charge in [-0.3, -0.25) is 14.4 Å². The highest BCUT2D eigenvalue weighted by Gasteiger charge is 2.13. The first kappa shape index (κ1) is 23.0. The van der Waals surface area contributed by atoms with Crippen molar-refractivity contribution in [2.24, 2.45) is 0 Å². The molecule has 160 valence electrons. The van der Waals surface area contributed by atoms with E-state index in [2.05, 4.69) is 29.5 Å². The van der Waals surface area contributed by atoms with E-state index in [0.717, 1.165) is 6.04 Å². The molecule has 0 aliphatic heterocycles. The van der Waals surface area contributed by atoms with Gasteiger partial charge in [-0.15, -0.1) is 0 Å². The SMILES string of the molecule is COC(=O)CCOCCn1c(=O)ccc2c(=O)n(COCC[Si](C)(C)C)ncc21. The molecule has 0 unspecified atom stereocenters. The van der Waals surface area contributed by atoms with Crippen molar-refractivity contribution >= 4 is 24.9 Å². The lowest BCUT2D eigenvalue weighted by atomic mass is 10.3. The van der Waals surface area contributed by atoms with Crippen molar-refractivity contribution in [3.63, 3.8) is 0 Å². The summed E-state index contributed by atoms with van der Waals surface area (Å²) < 4.78 is 18.2. The number of carbonyl (C=O) groups is 1. The fourth-order valence-corrected chi connectivity index (χ4v) is 3.35. The van der Waals surface area contributed by atoms with Gasteiger partial charge in [0.25, 0.3) is 11.1 Å². The van der Waals surface area contributed by atoms with Gasteiger partial charge in [0.1, 0.15) is 6.73 Å². The van der Waals surface area contributed by atoms with Crippen LogP contribution in [-0.4, -0.2) is 55.3 Å². The van der Waals surface area contributed by atoms with Crippen molar-refractivity contribution in [2.75, 3.05) is 26.9 Å². The molecule has 0 amide bonds. The molecule has 0 aliphatic carbocycles. The van der Waals surface area contributed by atoms with Crippen LogP contribution < -0.4 is 11.1 Å². The Balaban J connectivity index is 2.06. The second-order valence-corrected chi connectivity index (χ2v) is 13.5. The minimum Gasteiger partial charge on any atom is -0.469 e. The quantitative estimate of drug-likeness (QED) is 0.306. The zero-order valence-corrected chi connectivity index (χ0v) is 18.5. The number of esters is 1. The van der Waals surface area contributed by atoms with E-state index in [1.165, 1.54) is 34.7 Å². The van der Waals surface area contributed by atoms with Gasteiger partial charge in [-0.05, 0) is 12.1 Å². The third-order valence-corrected chi connectivity index (χ3v) is 6.06. The van der Waals surface area contributed by atoms with Gasteiger partial charge in [-0.2, -0.15) is 5.10 Å². The number of rotatable bonds is 11. The van der Waals surface area contributed by atoms with Crippen molar-refractivity contribution in [1.29, 1.82) is 0 Å². The first-order valence-electron chi connectivity index (χ1n) is 9.55. The van der Waals surface area contributed by atoms with Crippen LogP contribution in [0.2, 0.25) is 25.7 Å². The number of methoxy groups -OCH3 is 1. The van der Waals surface area contributed by atoms with E-state index in [1.54, 1.807) is 0 Å². The molecule has 29 heavy (non-hydrogen) atoms. The lowest BCUT2D eigenvalue weighted by Crippen LogP contribution is -2.29. The Bertz CT molecular complexity index is 948. The molecule has 0 radical (unpaired) electrons. The van der Waals surface area contributed by atoms with Crippen LogP contribution in [0.25, 0.3) is 10.9 Å². The second kappa shape index (κ2) is 10.5. The predicted molar refractivity (Wildman–Crippen MR) is 112 cm³/mol. The number of nitrogens with zero attached hydrogens (tertiary/aromatic N) is 3. The van der Waals surface area contributed by atoms with E-state index in [9.17, 15) is 14.4 Å². The monoisotopic (exact) mass is 423 g/mol. The van der Waals surface area contributed by atoms with Crippen LogP contribution in [0.4, 0.5) is 0 Å². The Kier molecular flexibility index (Phi) is 8.29. The molecule has 0 bridgehead atoms. The van der Waals surface area contributed by atoms with E-state index in [1.807, 2.05) is 0 Å². The Morgan fingerprint density at radius 1 is 1.10 bits per heavy atom. The normalized spacial score (nSPS) is 11.7. The summed E-state index contributed by atoms with van der Waals surface area (Å²) in [7, 11) is 0.112. The number of pyridine rings is 1. The fourth-order valence-electron chi connectivity index (χ4n) is 2.60.